The molecule has 0 saturated carbocycles. The fourth-order valence-electron chi connectivity index (χ4n) is 3.07. The second-order valence-electron chi connectivity index (χ2n) is 8.18. The molecule has 172 valence electrons. The maximum Gasteiger partial charge on any atom is 0.418 e. The number of ether oxygens (including phenoxy) is 3. The van der Waals surface area contributed by atoms with Gasteiger partial charge in [0.1, 0.15) is 17.9 Å². The maximum atomic E-state index is 12.5. The molecule has 8 heteroatoms. The van der Waals surface area contributed by atoms with Gasteiger partial charge in [-0.25, -0.2) is 14.4 Å². The molecule has 0 spiro atoms. The van der Waals surface area contributed by atoms with Crippen LogP contribution < -0.4 is 5.32 Å². The summed E-state index contributed by atoms with van der Waals surface area (Å²) in [6.45, 7) is 5.41. The summed E-state index contributed by atoms with van der Waals surface area (Å²) in [4.78, 5) is 37.1. The minimum atomic E-state index is -0.797. The van der Waals surface area contributed by atoms with Gasteiger partial charge >= 0.3 is 18.2 Å². The summed E-state index contributed by atoms with van der Waals surface area (Å²) in [5, 5.41) is 3.12. The number of aromatic nitrogens is 1. The smallest absolute Gasteiger partial charge is 0.418 e. The zero-order chi connectivity index (χ0) is 24.0. The highest BCUT2D eigenvalue weighted by Crippen LogP contribution is 2.23. The predicted octanol–water partition coefficient (Wildman–Crippen LogP) is 4.86. The zero-order valence-electron chi connectivity index (χ0n) is 19.0. The van der Waals surface area contributed by atoms with E-state index in [9.17, 15) is 14.4 Å². The van der Waals surface area contributed by atoms with E-state index in [0.717, 1.165) is 5.56 Å². The van der Waals surface area contributed by atoms with Crippen molar-refractivity contribution in [2.45, 2.75) is 33.0 Å². The monoisotopic (exact) mass is 450 g/mol. The first-order valence-corrected chi connectivity index (χ1v) is 10.3. The van der Waals surface area contributed by atoms with E-state index >= 15 is 0 Å². The van der Waals surface area contributed by atoms with Crippen molar-refractivity contribution < 1.29 is 28.6 Å². The summed E-state index contributed by atoms with van der Waals surface area (Å²) in [6, 6.07) is 16.1. The highest BCUT2D eigenvalue weighted by Gasteiger charge is 2.20. The van der Waals surface area contributed by atoms with E-state index in [1.54, 1.807) is 51.2 Å². The molecule has 0 fully saturated rings. The molecule has 33 heavy (non-hydrogen) atoms. The van der Waals surface area contributed by atoms with Crippen molar-refractivity contribution in [3.8, 4) is 0 Å². The largest absolute Gasteiger partial charge is 0.464 e. The molecular formula is C25H26N2O6. The van der Waals surface area contributed by atoms with Crippen LogP contribution in [0, 0.1) is 0 Å². The summed E-state index contributed by atoms with van der Waals surface area (Å²) >= 11 is 0. The SMILES string of the molecule is COC(=O)/C(=C/c1cccc2c1ccn2C(=O)OC(C)(C)C)NC(=O)OCc1ccccc1. The van der Waals surface area contributed by atoms with E-state index in [4.69, 9.17) is 14.2 Å². The van der Waals surface area contributed by atoms with Crippen LogP contribution in [-0.4, -0.2) is 35.4 Å². The van der Waals surface area contributed by atoms with E-state index in [0.29, 0.717) is 16.5 Å². The topological polar surface area (TPSA) is 95.9 Å². The Kier molecular flexibility index (Phi) is 7.17. The van der Waals surface area contributed by atoms with Crippen molar-refractivity contribution in [2.24, 2.45) is 0 Å². The van der Waals surface area contributed by atoms with Crippen LogP contribution in [0.5, 0.6) is 0 Å². The van der Waals surface area contributed by atoms with Gasteiger partial charge in [0.25, 0.3) is 0 Å². The van der Waals surface area contributed by atoms with Gasteiger partial charge in [-0.15, -0.1) is 0 Å². The summed E-state index contributed by atoms with van der Waals surface area (Å²) < 4.78 is 16.8. The van der Waals surface area contributed by atoms with Crippen LogP contribution in [-0.2, 0) is 25.6 Å². The van der Waals surface area contributed by atoms with Gasteiger partial charge in [0.2, 0.25) is 0 Å². The van der Waals surface area contributed by atoms with Crippen LogP contribution in [0.4, 0.5) is 9.59 Å². The number of alkyl carbamates (subject to hydrolysis) is 1. The third kappa shape index (κ3) is 6.22. The quantitative estimate of drug-likeness (QED) is 0.339. The Labute approximate surface area is 191 Å². The lowest BCUT2D eigenvalue weighted by atomic mass is 10.1. The van der Waals surface area contributed by atoms with Gasteiger partial charge in [0, 0.05) is 11.6 Å². The molecule has 1 aromatic heterocycles. The molecule has 0 bridgehead atoms. The minimum Gasteiger partial charge on any atom is -0.464 e. The van der Waals surface area contributed by atoms with Crippen LogP contribution in [0.3, 0.4) is 0 Å². The Hall–Kier alpha value is -4.07. The number of carbonyl (C=O) groups excluding carboxylic acids is 3. The van der Waals surface area contributed by atoms with Gasteiger partial charge < -0.3 is 14.2 Å². The van der Waals surface area contributed by atoms with Crippen molar-refractivity contribution in [1.82, 2.24) is 9.88 Å². The number of methoxy groups -OCH3 is 1. The molecule has 3 rings (SSSR count). The second-order valence-corrected chi connectivity index (χ2v) is 8.18. The van der Waals surface area contributed by atoms with Crippen LogP contribution >= 0.6 is 0 Å². The number of hydrogen-bond acceptors (Lipinski definition) is 6. The fourth-order valence-corrected chi connectivity index (χ4v) is 3.07. The Morgan fingerprint density at radius 3 is 2.39 bits per heavy atom. The molecule has 0 radical (unpaired) electrons. The number of benzene rings is 2. The molecule has 0 aliphatic heterocycles. The van der Waals surface area contributed by atoms with Gasteiger partial charge in [-0.2, -0.15) is 0 Å². The average Bonchev–Trinajstić information content (AvgIpc) is 3.21. The number of nitrogens with one attached hydrogen (secondary N) is 1. The standard InChI is InChI=1S/C25H26N2O6/c1-25(2,3)33-24(30)27-14-13-19-18(11-8-12-21(19)27)15-20(22(28)31-4)26-23(29)32-16-17-9-6-5-7-10-17/h5-15H,16H2,1-4H3,(H,26,29)/b20-15-. The average molecular weight is 450 g/mol. The van der Waals surface area contributed by atoms with E-state index in [1.165, 1.54) is 17.8 Å². The molecular weight excluding hydrogens is 424 g/mol. The van der Waals surface area contributed by atoms with Gasteiger partial charge in [-0.1, -0.05) is 42.5 Å². The Morgan fingerprint density at radius 1 is 1.00 bits per heavy atom. The molecule has 8 nitrogen and oxygen atoms in total. The lowest BCUT2D eigenvalue weighted by molar-refractivity contribution is -0.136. The number of rotatable bonds is 5. The highest BCUT2D eigenvalue weighted by molar-refractivity contribution is 6.01. The summed E-state index contributed by atoms with van der Waals surface area (Å²) in [7, 11) is 1.21. The molecule has 1 amide bonds. The molecule has 0 unspecified atom stereocenters. The third-order valence-corrected chi connectivity index (χ3v) is 4.51. The van der Waals surface area contributed by atoms with Crippen molar-refractivity contribution in [1.29, 1.82) is 0 Å². The van der Waals surface area contributed by atoms with Crippen LogP contribution in [0.25, 0.3) is 17.0 Å². The number of nitrogens with zero attached hydrogens (tertiary/aromatic N) is 1. The normalized spacial score (nSPS) is 11.7. The summed E-state index contributed by atoms with van der Waals surface area (Å²) in [6.07, 6.45) is 1.75. The highest BCUT2D eigenvalue weighted by atomic mass is 16.6. The zero-order valence-corrected chi connectivity index (χ0v) is 19.0. The Bertz CT molecular complexity index is 1190. The minimum absolute atomic E-state index is 0.0510. The Morgan fingerprint density at radius 2 is 1.73 bits per heavy atom. The predicted molar refractivity (Wildman–Crippen MR) is 123 cm³/mol. The maximum absolute atomic E-state index is 12.5. The molecule has 2 aromatic carbocycles. The molecule has 0 aliphatic carbocycles. The number of carbonyl (C=O) groups is 3. The van der Waals surface area contributed by atoms with Crippen LogP contribution in [0.15, 0.2) is 66.5 Å². The molecule has 0 atom stereocenters. The molecule has 1 N–H and O–H groups in total. The summed E-state index contributed by atoms with van der Waals surface area (Å²) in [5.74, 6) is -0.741. The summed E-state index contributed by atoms with van der Waals surface area (Å²) in [5.41, 5.74) is 1.25. The number of esters is 1. The van der Waals surface area contributed by atoms with Gasteiger partial charge in [0.05, 0.1) is 12.6 Å². The first kappa shape index (κ1) is 23.6. The van der Waals surface area contributed by atoms with Crippen molar-refractivity contribution in [2.75, 3.05) is 7.11 Å². The first-order chi connectivity index (χ1) is 15.7. The van der Waals surface area contributed by atoms with Crippen LogP contribution in [0.2, 0.25) is 0 Å². The van der Waals surface area contributed by atoms with Crippen molar-refractivity contribution in [3.05, 3.63) is 77.6 Å². The molecule has 3 aromatic rings. The lowest BCUT2D eigenvalue weighted by Gasteiger charge is -2.19. The molecule has 0 aliphatic rings. The van der Waals surface area contributed by atoms with Gasteiger partial charge in [-0.3, -0.25) is 9.88 Å². The number of hydrogen-bond donors (Lipinski definition) is 1. The number of fused-ring (bicyclic) bond motifs is 1. The van der Waals surface area contributed by atoms with E-state index in [1.807, 2.05) is 30.3 Å². The Balaban J connectivity index is 1.85. The molecule has 0 saturated heterocycles. The van der Waals surface area contributed by atoms with Gasteiger partial charge in [0.15, 0.2) is 0 Å². The second kappa shape index (κ2) is 10.0. The van der Waals surface area contributed by atoms with Crippen LogP contribution in [0.1, 0.15) is 31.9 Å². The van der Waals surface area contributed by atoms with E-state index in [2.05, 4.69) is 5.32 Å². The van der Waals surface area contributed by atoms with E-state index < -0.39 is 23.8 Å². The lowest BCUT2D eigenvalue weighted by Crippen LogP contribution is -2.28. The number of amides is 1. The molecule has 1 heterocycles. The fraction of sp³-hybridized carbons (Fsp3) is 0.240. The van der Waals surface area contributed by atoms with E-state index in [-0.39, 0.29) is 12.3 Å². The third-order valence-electron chi connectivity index (χ3n) is 4.51. The van der Waals surface area contributed by atoms with Crippen molar-refractivity contribution in [3.63, 3.8) is 0 Å². The first-order valence-electron chi connectivity index (χ1n) is 10.3. The van der Waals surface area contributed by atoms with Gasteiger partial charge in [-0.05, 0) is 50.1 Å². The van der Waals surface area contributed by atoms with Crippen molar-refractivity contribution >= 4 is 35.1 Å².